The van der Waals surface area contributed by atoms with Crippen molar-refractivity contribution in [3.05, 3.63) is 36.2 Å². The molecule has 2 aromatic rings. The van der Waals surface area contributed by atoms with Gasteiger partial charge < -0.3 is 14.7 Å². The van der Waals surface area contributed by atoms with Gasteiger partial charge in [0.2, 0.25) is 5.13 Å². The van der Waals surface area contributed by atoms with E-state index in [4.69, 9.17) is 9.84 Å². The molecule has 1 aromatic carbocycles. The highest BCUT2D eigenvalue weighted by molar-refractivity contribution is 7.09. The molecular weight excluding hydrogens is 250 g/mol. The Morgan fingerprint density at radius 3 is 2.89 bits per heavy atom. The van der Waals surface area contributed by atoms with Crippen LogP contribution in [0.1, 0.15) is 5.56 Å². The van der Waals surface area contributed by atoms with Crippen molar-refractivity contribution in [2.45, 2.75) is 6.54 Å². The molecule has 0 radical (unpaired) electrons. The molecule has 96 valence electrons. The highest BCUT2D eigenvalue weighted by atomic mass is 32.1. The van der Waals surface area contributed by atoms with Crippen molar-refractivity contribution in [3.8, 4) is 5.75 Å². The summed E-state index contributed by atoms with van der Waals surface area (Å²) < 4.78 is 9.31. The van der Waals surface area contributed by atoms with Crippen LogP contribution in [0, 0.1) is 0 Å². The van der Waals surface area contributed by atoms with E-state index in [9.17, 15) is 0 Å². The van der Waals surface area contributed by atoms with Crippen LogP contribution in [-0.2, 0) is 6.54 Å². The lowest BCUT2D eigenvalue weighted by Gasteiger charge is -2.21. The normalized spacial score (nSPS) is 10.3. The molecule has 18 heavy (non-hydrogen) atoms. The second kappa shape index (κ2) is 6.32. The van der Waals surface area contributed by atoms with Crippen LogP contribution in [0.25, 0.3) is 0 Å². The summed E-state index contributed by atoms with van der Waals surface area (Å²) in [6.45, 7) is 1.24. The first kappa shape index (κ1) is 12.8. The maximum atomic E-state index is 9.12. The predicted octanol–water partition coefficient (Wildman–Crippen LogP) is 1.55. The number of ether oxygens (including phenoxy) is 1. The van der Waals surface area contributed by atoms with Gasteiger partial charge in [-0.15, -0.1) is 0 Å². The van der Waals surface area contributed by atoms with Gasteiger partial charge in [0.25, 0.3) is 0 Å². The summed E-state index contributed by atoms with van der Waals surface area (Å²) in [5, 5.41) is 9.92. The molecule has 0 unspecified atom stereocenters. The Bertz CT molecular complexity index is 476. The number of rotatable bonds is 6. The minimum absolute atomic E-state index is 0.0781. The van der Waals surface area contributed by atoms with Crippen LogP contribution in [-0.4, -0.2) is 34.7 Å². The highest BCUT2D eigenvalue weighted by Gasteiger charge is 2.12. The van der Waals surface area contributed by atoms with Gasteiger partial charge in [-0.2, -0.15) is 4.37 Å². The van der Waals surface area contributed by atoms with Crippen LogP contribution >= 0.6 is 11.5 Å². The van der Waals surface area contributed by atoms with Crippen LogP contribution in [0.15, 0.2) is 30.6 Å². The SMILES string of the molecule is COc1ccccc1CN(CCO)c1ncns1. The number of hydrogen-bond acceptors (Lipinski definition) is 6. The molecule has 0 spiro atoms. The van der Waals surface area contributed by atoms with Crippen molar-refractivity contribution in [2.24, 2.45) is 0 Å². The van der Waals surface area contributed by atoms with E-state index in [1.807, 2.05) is 29.2 Å². The maximum Gasteiger partial charge on any atom is 0.205 e. The number of anilines is 1. The first-order valence-electron chi connectivity index (χ1n) is 5.59. The summed E-state index contributed by atoms with van der Waals surface area (Å²) in [7, 11) is 1.65. The Kier molecular flexibility index (Phi) is 4.49. The molecule has 1 aromatic heterocycles. The Morgan fingerprint density at radius 1 is 1.39 bits per heavy atom. The monoisotopic (exact) mass is 265 g/mol. The largest absolute Gasteiger partial charge is 0.496 e. The average molecular weight is 265 g/mol. The molecular formula is C12H15N3O2S. The van der Waals surface area contributed by atoms with Crippen LogP contribution in [0.2, 0.25) is 0 Å². The number of para-hydroxylation sites is 1. The standard InChI is InChI=1S/C12H15N3O2S/c1-17-11-5-3-2-4-10(11)8-15(6-7-16)12-13-9-14-18-12/h2-5,9,16H,6-8H2,1H3. The Balaban J connectivity index is 2.18. The third-order valence-electron chi connectivity index (χ3n) is 2.54. The molecule has 0 saturated heterocycles. The van der Waals surface area contributed by atoms with Crippen molar-refractivity contribution in [1.29, 1.82) is 0 Å². The van der Waals surface area contributed by atoms with Gasteiger partial charge in [-0.05, 0) is 6.07 Å². The molecule has 1 N–H and O–H groups in total. The number of aromatic nitrogens is 2. The number of benzene rings is 1. The summed E-state index contributed by atoms with van der Waals surface area (Å²) >= 11 is 1.32. The first-order valence-corrected chi connectivity index (χ1v) is 6.37. The number of methoxy groups -OCH3 is 1. The lowest BCUT2D eigenvalue weighted by molar-refractivity contribution is 0.301. The predicted molar refractivity (Wildman–Crippen MR) is 71.0 cm³/mol. The van der Waals surface area contributed by atoms with Gasteiger partial charge in [-0.3, -0.25) is 0 Å². The maximum absolute atomic E-state index is 9.12. The van der Waals surface area contributed by atoms with Crippen molar-refractivity contribution in [1.82, 2.24) is 9.36 Å². The van der Waals surface area contributed by atoms with E-state index in [1.54, 1.807) is 7.11 Å². The van der Waals surface area contributed by atoms with Crippen molar-refractivity contribution >= 4 is 16.7 Å². The van der Waals surface area contributed by atoms with E-state index >= 15 is 0 Å². The lowest BCUT2D eigenvalue weighted by Crippen LogP contribution is -2.26. The molecule has 2 rings (SSSR count). The number of hydrogen-bond donors (Lipinski definition) is 1. The van der Waals surface area contributed by atoms with Gasteiger partial charge in [-0.1, -0.05) is 18.2 Å². The molecule has 6 heteroatoms. The summed E-state index contributed by atoms with van der Waals surface area (Å²) in [6.07, 6.45) is 1.52. The molecule has 0 atom stereocenters. The second-order valence-electron chi connectivity index (χ2n) is 3.68. The fourth-order valence-corrected chi connectivity index (χ4v) is 2.26. The summed E-state index contributed by atoms with van der Waals surface area (Å²) in [4.78, 5) is 6.15. The zero-order valence-corrected chi connectivity index (χ0v) is 10.9. The second-order valence-corrected chi connectivity index (χ2v) is 4.44. The van der Waals surface area contributed by atoms with Crippen LogP contribution in [0.3, 0.4) is 0 Å². The molecule has 0 saturated carbocycles. The van der Waals surface area contributed by atoms with Gasteiger partial charge in [0.15, 0.2) is 0 Å². The summed E-state index contributed by atoms with van der Waals surface area (Å²) in [5.41, 5.74) is 1.06. The van der Waals surface area contributed by atoms with E-state index in [-0.39, 0.29) is 6.61 Å². The van der Waals surface area contributed by atoms with E-state index < -0.39 is 0 Å². The van der Waals surface area contributed by atoms with Gasteiger partial charge >= 0.3 is 0 Å². The number of nitrogens with zero attached hydrogens (tertiary/aromatic N) is 3. The molecule has 5 nitrogen and oxygen atoms in total. The molecule has 0 fully saturated rings. The summed E-state index contributed by atoms with van der Waals surface area (Å²) in [6, 6.07) is 7.83. The number of aliphatic hydroxyl groups is 1. The molecule has 1 heterocycles. The van der Waals surface area contributed by atoms with Gasteiger partial charge in [0.05, 0.1) is 13.7 Å². The Labute approximate surface area is 110 Å². The Hall–Kier alpha value is -1.66. The Morgan fingerprint density at radius 2 is 2.22 bits per heavy atom. The van der Waals surface area contributed by atoms with Gasteiger partial charge in [0.1, 0.15) is 12.1 Å². The lowest BCUT2D eigenvalue weighted by atomic mass is 10.2. The van der Waals surface area contributed by atoms with Crippen LogP contribution in [0.4, 0.5) is 5.13 Å². The fraction of sp³-hybridized carbons (Fsp3) is 0.333. The fourth-order valence-electron chi connectivity index (χ4n) is 1.71. The highest BCUT2D eigenvalue weighted by Crippen LogP contribution is 2.23. The van der Waals surface area contributed by atoms with E-state index in [0.29, 0.717) is 13.1 Å². The minimum atomic E-state index is 0.0781. The third kappa shape index (κ3) is 2.96. The molecule has 0 aliphatic carbocycles. The molecule has 0 amide bonds. The van der Waals surface area contributed by atoms with Crippen molar-refractivity contribution < 1.29 is 9.84 Å². The zero-order chi connectivity index (χ0) is 12.8. The molecule has 0 bridgehead atoms. The van der Waals surface area contributed by atoms with Gasteiger partial charge in [0, 0.05) is 30.2 Å². The molecule has 0 aliphatic rings. The summed E-state index contributed by atoms with van der Waals surface area (Å²) in [5.74, 6) is 0.838. The van der Waals surface area contributed by atoms with Crippen molar-refractivity contribution in [2.75, 3.05) is 25.2 Å². The quantitative estimate of drug-likeness (QED) is 0.858. The van der Waals surface area contributed by atoms with E-state index in [1.165, 1.54) is 17.9 Å². The topological polar surface area (TPSA) is 58.5 Å². The number of aliphatic hydroxyl groups excluding tert-OH is 1. The van der Waals surface area contributed by atoms with E-state index in [0.717, 1.165) is 16.4 Å². The minimum Gasteiger partial charge on any atom is -0.496 e. The third-order valence-corrected chi connectivity index (χ3v) is 3.27. The smallest absolute Gasteiger partial charge is 0.205 e. The van der Waals surface area contributed by atoms with Gasteiger partial charge in [-0.25, -0.2) is 4.98 Å². The first-order chi connectivity index (χ1) is 8.85. The molecule has 0 aliphatic heterocycles. The van der Waals surface area contributed by atoms with Crippen LogP contribution < -0.4 is 9.64 Å². The van der Waals surface area contributed by atoms with Crippen LogP contribution in [0.5, 0.6) is 5.75 Å². The zero-order valence-electron chi connectivity index (χ0n) is 10.1. The average Bonchev–Trinajstić information content (AvgIpc) is 2.92. The van der Waals surface area contributed by atoms with E-state index in [2.05, 4.69) is 9.36 Å². The van der Waals surface area contributed by atoms with Crippen molar-refractivity contribution in [3.63, 3.8) is 0 Å².